The number of aliphatic hydroxyl groups is 1. The Hall–Kier alpha value is -0.591. The topological polar surface area (TPSA) is 37.3 Å². The number of rotatable bonds is 1. The maximum Gasteiger partial charge on any atom is 0.0772 e. The van der Waals surface area contributed by atoms with Gasteiger partial charge < -0.3 is 40.0 Å². The van der Waals surface area contributed by atoms with Gasteiger partial charge in [-0.3, -0.25) is 0 Å². The van der Waals surface area contributed by atoms with Gasteiger partial charge in [0.2, 0.25) is 0 Å². The minimum atomic E-state index is -2.39. The van der Waals surface area contributed by atoms with Crippen LogP contribution in [0.4, 0.5) is 0 Å². The second kappa shape index (κ2) is 10.3. The van der Waals surface area contributed by atoms with Crippen LogP contribution in [0.2, 0.25) is 0 Å². The molecule has 2 rings (SSSR count). The van der Waals surface area contributed by atoms with Gasteiger partial charge in [-0.1, -0.05) is 46.8 Å². The summed E-state index contributed by atoms with van der Waals surface area (Å²) < 4.78 is 13.3. The van der Waals surface area contributed by atoms with Crippen LogP contribution < -0.4 is 5.30 Å². The number of aliphatic hydroxyl groups excluding tert-OH is 1. The summed E-state index contributed by atoms with van der Waals surface area (Å²) in [4.78, 5) is 0. The summed E-state index contributed by atoms with van der Waals surface area (Å²) in [5.41, 5.74) is 0. The van der Waals surface area contributed by atoms with E-state index in [4.69, 9.17) is 5.11 Å². The van der Waals surface area contributed by atoms with Gasteiger partial charge in [-0.15, -0.1) is 0 Å². The van der Waals surface area contributed by atoms with E-state index in [9.17, 15) is 4.57 Å². The van der Waals surface area contributed by atoms with Gasteiger partial charge in [0.25, 0.3) is 0 Å². The molecule has 0 bridgehead atoms. The summed E-state index contributed by atoms with van der Waals surface area (Å²) in [5.74, 6) is 0. The van der Waals surface area contributed by atoms with Crippen LogP contribution in [0.25, 0.3) is 0 Å². The first-order valence-electron chi connectivity index (χ1n) is 7.54. The van der Waals surface area contributed by atoms with Crippen LogP contribution in [-0.2, 0) is 21.6 Å². The van der Waals surface area contributed by atoms with Gasteiger partial charge in [0, 0.05) is 34.5 Å². The molecule has 23 heavy (non-hydrogen) atoms. The average Bonchev–Trinajstić information content (AvgIpc) is 3.13. The van der Waals surface area contributed by atoms with E-state index in [0.717, 1.165) is 12.4 Å². The molecule has 0 aliphatic rings. The van der Waals surface area contributed by atoms with Gasteiger partial charge in [-0.25, -0.2) is 12.1 Å². The predicted molar refractivity (Wildman–Crippen MR) is 99.0 cm³/mol. The summed E-state index contributed by atoms with van der Waals surface area (Å²) in [6.45, 7) is 12.5. The summed E-state index contributed by atoms with van der Waals surface area (Å²) in [6.07, 6.45) is 0. The van der Waals surface area contributed by atoms with Crippen LogP contribution >= 0.6 is 7.14 Å². The normalized spacial score (nSPS) is 11.3. The van der Waals surface area contributed by atoms with E-state index in [1.54, 1.807) is 0 Å². The minimum absolute atomic E-state index is 0. The molecule has 4 heteroatoms. The van der Waals surface area contributed by atoms with Gasteiger partial charge in [-0.2, -0.15) is 12.1 Å². The molecule has 0 aromatic heterocycles. The molecule has 2 aromatic carbocycles. The first-order valence-corrected chi connectivity index (χ1v) is 9.25. The third-order valence-corrected chi connectivity index (χ3v) is 8.26. The summed E-state index contributed by atoms with van der Waals surface area (Å²) >= 11 is 0. The van der Waals surface area contributed by atoms with Crippen molar-refractivity contribution in [2.24, 2.45) is 0 Å². The fraction of sp³-hybridized carbons (Fsp3) is 0.474. The molecule has 0 saturated carbocycles. The standard InChI is InChI=1S/C13H22OP.C5H5.CH4O.Fe/c1-12(2,3)15(14,13(4,5)6)11-9-7-8-10-11;1-2-4-5-3-1;1-2;/h7-10H,1-6H3;1-5H;2H,1H3;/q-1;-5;;. The van der Waals surface area contributed by atoms with Crippen LogP contribution in [-0.4, -0.2) is 22.5 Å². The third kappa shape index (κ3) is 6.43. The van der Waals surface area contributed by atoms with Crippen molar-refractivity contribution < 1.29 is 26.7 Å². The zero-order valence-corrected chi connectivity index (χ0v) is 17.4. The smallest absolute Gasteiger partial charge is 0.0772 e. The molecule has 0 fully saturated rings. The maximum absolute atomic E-state index is 13.3. The summed E-state index contributed by atoms with van der Waals surface area (Å²) in [5, 5.41) is 7.65. The molecule has 0 saturated heterocycles. The van der Waals surface area contributed by atoms with Crippen molar-refractivity contribution >= 4 is 12.4 Å². The Labute approximate surface area is 152 Å². The first-order chi connectivity index (χ1) is 10.1. The molecule has 0 unspecified atom stereocenters. The van der Waals surface area contributed by atoms with Crippen molar-refractivity contribution in [1.29, 1.82) is 0 Å². The Kier molecular flexibility index (Phi) is 11.1. The van der Waals surface area contributed by atoms with Crippen molar-refractivity contribution in [1.82, 2.24) is 0 Å². The molecule has 0 amide bonds. The van der Waals surface area contributed by atoms with Gasteiger partial charge in [0.1, 0.15) is 0 Å². The fourth-order valence-corrected chi connectivity index (χ4v) is 6.83. The van der Waals surface area contributed by atoms with Crippen molar-refractivity contribution in [2.75, 3.05) is 7.11 Å². The van der Waals surface area contributed by atoms with Gasteiger partial charge >= 0.3 is 0 Å². The van der Waals surface area contributed by atoms with E-state index >= 15 is 0 Å². The number of hydrogen-bond donors (Lipinski definition) is 1. The monoisotopic (exact) mass is 378 g/mol. The SMILES string of the molecule is CC(C)(C)P(=O)([c-]1cccc1)C(C)(C)C.CO.[Fe].[cH-]1[cH-][cH-][cH-][cH-]1. The van der Waals surface area contributed by atoms with Crippen LogP contribution in [0.5, 0.6) is 0 Å². The van der Waals surface area contributed by atoms with Crippen LogP contribution in [0.1, 0.15) is 41.5 Å². The van der Waals surface area contributed by atoms with Gasteiger partial charge in [-0.05, 0) is 0 Å². The van der Waals surface area contributed by atoms with E-state index in [1.165, 1.54) is 0 Å². The molecule has 0 aliphatic carbocycles. The molecule has 0 spiro atoms. The third-order valence-electron chi connectivity index (χ3n) is 3.45. The quantitative estimate of drug-likeness (QED) is 0.431. The Balaban J connectivity index is 0. The van der Waals surface area contributed by atoms with Crippen LogP contribution in [0, 0.1) is 0 Å². The van der Waals surface area contributed by atoms with E-state index in [0.29, 0.717) is 0 Å². The molecule has 1 N–H and O–H groups in total. The Bertz CT molecular complexity index is 494. The second-order valence-electron chi connectivity index (χ2n) is 7.06. The average molecular weight is 378 g/mol. The largest absolute Gasteiger partial charge is 0.748 e. The molecule has 0 atom stereocenters. The maximum atomic E-state index is 13.3. The van der Waals surface area contributed by atoms with E-state index in [2.05, 4.69) is 41.5 Å². The van der Waals surface area contributed by atoms with E-state index < -0.39 is 7.14 Å². The molecular formula is C19H31FeO2P-6. The zero-order chi connectivity index (χ0) is 17.4. The fourth-order valence-electron chi connectivity index (χ4n) is 2.68. The van der Waals surface area contributed by atoms with Crippen LogP contribution in [0.15, 0.2) is 54.6 Å². The van der Waals surface area contributed by atoms with Crippen molar-refractivity contribution in [3.05, 3.63) is 54.6 Å². The molecule has 0 radical (unpaired) electrons. The van der Waals surface area contributed by atoms with Crippen molar-refractivity contribution in [3.63, 3.8) is 0 Å². The Morgan fingerprint density at radius 2 is 1.04 bits per heavy atom. The van der Waals surface area contributed by atoms with Gasteiger partial charge in [0.15, 0.2) is 0 Å². The molecule has 2 aromatic rings. The van der Waals surface area contributed by atoms with Crippen molar-refractivity contribution in [2.45, 2.75) is 51.9 Å². The molecule has 0 heterocycles. The summed E-state index contributed by atoms with van der Waals surface area (Å²) in [6, 6.07) is 17.9. The summed E-state index contributed by atoms with van der Waals surface area (Å²) in [7, 11) is -1.39. The van der Waals surface area contributed by atoms with Crippen LogP contribution in [0.3, 0.4) is 0 Å². The van der Waals surface area contributed by atoms with Gasteiger partial charge in [0.05, 0.1) is 7.14 Å². The molecule has 138 valence electrons. The van der Waals surface area contributed by atoms with E-state index in [1.807, 2.05) is 54.6 Å². The molecular weight excluding hydrogens is 347 g/mol. The predicted octanol–water partition coefficient (Wildman–Crippen LogP) is 5.00. The van der Waals surface area contributed by atoms with E-state index in [-0.39, 0.29) is 27.4 Å². The van der Waals surface area contributed by atoms with Crippen molar-refractivity contribution in [3.8, 4) is 0 Å². The first kappa shape index (κ1) is 24.7. The second-order valence-corrected chi connectivity index (χ2v) is 11.5. The molecule has 0 aliphatic heterocycles. The minimum Gasteiger partial charge on any atom is -0.748 e. The Morgan fingerprint density at radius 3 is 1.26 bits per heavy atom. The zero-order valence-electron chi connectivity index (χ0n) is 15.4. The molecule has 2 nitrogen and oxygen atoms in total. The Morgan fingerprint density at radius 1 is 0.783 bits per heavy atom. The number of hydrogen-bond acceptors (Lipinski definition) is 2.